The molecule has 0 spiro atoms. The predicted octanol–water partition coefficient (Wildman–Crippen LogP) is 4.67. The lowest BCUT2D eigenvalue weighted by atomic mass is 10.0. The zero-order valence-electron chi connectivity index (χ0n) is 18.8. The van der Waals surface area contributed by atoms with Gasteiger partial charge in [0.15, 0.2) is 0 Å². The van der Waals surface area contributed by atoms with Crippen LogP contribution < -0.4 is 4.90 Å². The first kappa shape index (κ1) is 23.6. The van der Waals surface area contributed by atoms with Crippen LogP contribution in [0.25, 0.3) is 0 Å². The second kappa shape index (κ2) is 9.73. The van der Waals surface area contributed by atoms with Crippen LogP contribution in [0.5, 0.6) is 0 Å². The number of esters is 1. The van der Waals surface area contributed by atoms with Crippen LogP contribution in [0.4, 0.5) is 17.1 Å². The van der Waals surface area contributed by atoms with Crippen LogP contribution in [-0.2, 0) is 16.0 Å². The van der Waals surface area contributed by atoms with E-state index in [0.29, 0.717) is 18.8 Å². The molecule has 4 rings (SSSR count). The fraction of sp³-hybridized carbons (Fsp3) is 0.333. The third-order valence-corrected chi connectivity index (χ3v) is 6.59. The van der Waals surface area contributed by atoms with E-state index in [1.165, 1.54) is 13.0 Å². The first-order valence-corrected chi connectivity index (χ1v) is 11.7. The molecule has 9 nitrogen and oxygen atoms in total. The molecule has 10 heteroatoms. The molecule has 2 aliphatic heterocycles. The number of aryl methyl sites for hydroxylation is 1. The van der Waals surface area contributed by atoms with Gasteiger partial charge >= 0.3 is 5.97 Å². The van der Waals surface area contributed by atoms with E-state index >= 15 is 0 Å². The highest BCUT2D eigenvalue weighted by atomic mass is 79.9. The lowest BCUT2D eigenvalue weighted by molar-refractivity contribution is -0.140. The summed E-state index contributed by atoms with van der Waals surface area (Å²) < 4.78 is 5.36. The summed E-state index contributed by atoms with van der Waals surface area (Å²) in [6, 6.07) is 9.17. The van der Waals surface area contributed by atoms with Gasteiger partial charge in [-0.15, -0.1) is 5.11 Å². The predicted molar refractivity (Wildman–Crippen MR) is 128 cm³/mol. The molecule has 0 atom stereocenters. The average Bonchev–Trinajstić information content (AvgIpc) is 3.06. The van der Waals surface area contributed by atoms with Crippen LogP contribution in [0.2, 0.25) is 0 Å². The number of ether oxygens (including phenoxy) is 1. The maximum Gasteiger partial charge on any atom is 0.302 e. The normalized spacial score (nSPS) is 14.9. The summed E-state index contributed by atoms with van der Waals surface area (Å²) in [4.78, 5) is 39.5. The van der Waals surface area contributed by atoms with Crippen molar-refractivity contribution < 1.29 is 19.1 Å². The Morgan fingerprint density at radius 3 is 2.74 bits per heavy atom. The molecule has 34 heavy (non-hydrogen) atoms. The van der Waals surface area contributed by atoms with E-state index in [4.69, 9.17) is 4.74 Å². The van der Waals surface area contributed by atoms with Crippen LogP contribution in [0, 0.1) is 11.3 Å². The lowest BCUT2D eigenvalue weighted by Crippen LogP contribution is -2.32. The largest absolute Gasteiger partial charge is 0.464 e. The van der Waals surface area contributed by atoms with E-state index in [1.54, 1.807) is 6.92 Å². The summed E-state index contributed by atoms with van der Waals surface area (Å²) in [5, 5.41) is 18.2. The molecule has 0 bridgehead atoms. The van der Waals surface area contributed by atoms with Gasteiger partial charge in [-0.25, -0.2) is 0 Å². The molecule has 0 fully saturated rings. The molecule has 0 unspecified atom stereocenters. The zero-order chi connectivity index (χ0) is 24.4. The van der Waals surface area contributed by atoms with Gasteiger partial charge < -0.3 is 9.64 Å². The molecule has 2 aliphatic rings. The average molecular weight is 524 g/mol. The van der Waals surface area contributed by atoms with Crippen molar-refractivity contribution in [1.29, 1.82) is 5.26 Å². The summed E-state index contributed by atoms with van der Waals surface area (Å²) in [6.45, 7) is 5.18. The summed E-state index contributed by atoms with van der Waals surface area (Å²) in [6.07, 6.45) is 1.85. The van der Waals surface area contributed by atoms with E-state index in [9.17, 15) is 19.6 Å². The van der Waals surface area contributed by atoms with Gasteiger partial charge in [0.05, 0.1) is 33.4 Å². The Hall–Kier alpha value is -3.58. The van der Waals surface area contributed by atoms with Gasteiger partial charge in [-0.2, -0.15) is 10.4 Å². The fourth-order valence-corrected chi connectivity index (χ4v) is 4.90. The van der Waals surface area contributed by atoms with Crippen molar-refractivity contribution in [2.45, 2.75) is 26.7 Å². The number of nitrogens with zero attached hydrogens (tertiary/aromatic N) is 5. The second-order valence-electron chi connectivity index (χ2n) is 7.92. The monoisotopic (exact) mass is 523 g/mol. The number of hydrogen-bond acceptors (Lipinski definition) is 8. The highest BCUT2D eigenvalue weighted by Gasteiger charge is 2.38. The molecular weight excluding hydrogens is 502 g/mol. The highest BCUT2D eigenvalue weighted by molar-refractivity contribution is 9.10. The number of amides is 2. The van der Waals surface area contributed by atoms with Gasteiger partial charge in [0.25, 0.3) is 11.8 Å². The van der Waals surface area contributed by atoms with Gasteiger partial charge in [0, 0.05) is 25.7 Å². The number of carbonyl (C=O) groups is 3. The maximum atomic E-state index is 12.7. The molecule has 0 saturated carbocycles. The van der Waals surface area contributed by atoms with Crippen LogP contribution >= 0.6 is 15.9 Å². The minimum Gasteiger partial charge on any atom is -0.464 e. The summed E-state index contributed by atoms with van der Waals surface area (Å²) >= 11 is 3.38. The molecule has 0 saturated heterocycles. The molecular formula is C24H22BrN5O4. The third-order valence-electron chi connectivity index (χ3n) is 5.82. The van der Waals surface area contributed by atoms with Crippen molar-refractivity contribution >= 4 is 50.8 Å². The van der Waals surface area contributed by atoms with Crippen LogP contribution in [0.1, 0.15) is 52.1 Å². The van der Waals surface area contributed by atoms with Crippen molar-refractivity contribution in [2.75, 3.05) is 31.1 Å². The number of rotatable bonds is 6. The van der Waals surface area contributed by atoms with Crippen LogP contribution in [0.3, 0.4) is 0 Å². The van der Waals surface area contributed by atoms with E-state index in [2.05, 4.69) is 31.1 Å². The minimum absolute atomic E-state index is 0.156. The summed E-state index contributed by atoms with van der Waals surface area (Å²) in [7, 11) is 0. The fourth-order valence-electron chi connectivity index (χ4n) is 4.22. The second-order valence-corrected chi connectivity index (χ2v) is 8.71. The van der Waals surface area contributed by atoms with Gasteiger partial charge in [0.1, 0.15) is 18.4 Å². The number of anilines is 1. The van der Waals surface area contributed by atoms with Crippen molar-refractivity contribution in [1.82, 2.24) is 4.90 Å². The molecule has 0 radical (unpaired) electrons. The first-order valence-electron chi connectivity index (χ1n) is 10.9. The number of azo groups is 1. The maximum absolute atomic E-state index is 12.7. The van der Waals surface area contributed by atoms with Gasteiger partial charge in [-0.3, -0.25) is 19.3 Å². The van der Waals surface area contributed by atoms with Crippen molar-refractivity contribution in [3.8, 4) is 6.07 Å². The molecule has 0 aromatic heterocycles. The Kier molecular flexibility index (Phi) is 6.75. The van der Waals surface area contributed by atoms with Gasteiger partial charge in [0.2, 0.25) is 0 Å². The summed E-state index contributed by atoms with van der Waals surface area (Å²) in [5.74, 6) is -1.13. The number of hydrogen-bond donors (Lipinski definition) is 0. The Bertz CT molecular complexity index is 1270. The summed E-state index contributed by atoms with van der Waals surface area (Å²) in [5.41, 5.74) is 3.54. The van der Waals surface area contributed by atoms with E-state index in [-0.39, 0.29) is 39.4 Å². The quantitative estimate of drug-likeness (QED) is 0.308. The third kappa shape index (κ3) is 4.31. The molecule has 0 aliphatic carbocycles. The van der Waals surface area contributed by atoms with E-state index < -0.39 is 11.8 Å². The van der Waals surface area contributed by atoms with Crippen molar-refractivity contribution in [3.63, 3.8) is 0 Å². The number of fused-ring (bicyclic) bond motifs is 2. The van der Waals surface area contributed by atoms with Gasteiger partial charge in [-0.05, 0) is 65.5 Å². The molecule has 0 N–H and O–H groups in total. The Morgan fingerprint density at radius 1 is 1.24 bits per heavy atom. The van der Waals surface area contributed by atoms with Crippen molar-refractivity contribution in [2.24, 2.45) is 10.2 Å². The SMILES string of the molecule is CCN1C(=O)c2cc(C#N)c(/N=N/c3ccc4c(c3)CCCN4CCOC(C)=O)c(Br)c2C1=O. The number of benzene rings is 2. The highest BCUT2D eigenvalue weighted by Crippen LogP contribution is 2.40. The standard InChI is InChI=1S/C24H22BrN5O4/c1-3-30-23(32)18-12-16(13-26)22(21(25)20(18)24(30)33)28-27-17-6-7-19-15(11-17)5-4-8-29(19)9-10-34-14(2)31/h6-7,11-12H,3-5,8-10H2,1-2H3/b28-27+. The minimum atomic E-state index is -0.420. The lowest BCUT2D eigenvalue weighted by Gasteiger charge is -2.31. The first-order chi connectivity index (χ1) is 16.3. The topological polar surface area (TPSA) is 115 Å². The number of carbonyl (C=O) groups excluding carboxylic acids is 3. The molecule has 2 amide bonds. The smallest absolute Gasteiger partial charge is 0.302 e. The Balaban J connectivity index is 1.62. The molecule has 174 valence electrons. The van der Waals surface area contributed by atoms with Crippen molar-refractivity contribution in [3.05, 3.63) is 51.0 Å². The number of halogens is 1. The van der Waals surface area contributed by atoms with Gasteiger partial charge in [-0.1, -0.05) is 0 Å². The molecule has 2 aromatic carbocycles. The Morgan fingerprint density at radius 2 is 2.03 bits per heavy atom. The van der Waals surface area contributed by atoms with E-state index in [0.717, 1.165) is 35.5 Å². The number of imide groups is 1. The zero-order valence-corrected chi connectivity index (χ0v) is 20.4. The van der Waals surface area contributed by atoms with Crippen LogP contribution in [0.15, 0.2) is 39.0 Å². The van der Waals surface area contributed by atoms with E-state index in [1.807, 2.05) is 24.3 Å². The molecule has 2 heterocycles. The number of nitriles is 1. The van der Waals surface area contributed by atoms with Crippen LogP contribution in [-0.4, -0.2) is 48.9 Å². The molecule has 2 aromatic rings. The Labute approximate surface area is 205 Å².